The van der Waals surface area contributed by atoms with Crippen molar-refractivity contribution in [2.75, 3.05) is 14.2 Å². The Hall–Kier alpha value is -2.15. The largest absolute Gasteiger partial charge is 0.497 e. The zero-order valence-corrected chi connectivity index (χ0v) is 16.9. The van der Waals surface area contributed by atoms with Gasteiger partial charge in [0.05, 0.1) is 20.4 Å². The van der Waals surface area contributed by atoms with Crippen molar-refractivity contribution in [1.29, 1.82) is 0 Å². The van der Waals surface area contributed by atoms with Gasteiger partial charge in [0.25, 0.3) is 5.88 Å². The SMILES string of the molecule is COc1ccc(Oc2nc(SCc3ccc(Cl)cc3Cl)ncc2OC)cc1. The number of nitrogens with zero attached hydrogens (tertiary/aromatic N) is 2. The Balaban J connectivity index is 1.75. The number of thioether (sulfide) groups is 1. The molecule has 0 aliphatic heterocycles. The quantitative estimate of drug-likeness (QED) is 0.349. The molecule has 3 rings (SSSR count). The summed E-state index contributed by atoms with van der Waals surface area (Å²) in [6, 6.07) is 12.6. The van der Waals surface area contributed by atoms with Crippen LogP contribution in [0.15, 0.2) is 53.8 Å². The summed E-state index contributed by atoms with van der Waals surface area (Å²) < 4.78 is 16.3. The molecule has 0 spiro atoms. The van der Waals surface area contributed by atoms with Gasteiger partial charge < -0.3 is 14.2 Å². The molecule has 0 aliphatic rings. The van der Waals surface area contributed by atoms with Gasteiger partial charge in [-0.1, -0.05) is 41.0 Å². The number of rotatable bonds is 7. The van der Waals surface area contributed by atoms with Crippen molar-refractivity contribution in [2.45, 2.75) is 10.9 Å². The highest BCUT2D eigenvalue weighted by atomic mass is 35.5. The van der Waals surface area contributed by atoms with Gasteiger partial charge in [-0.2, -0.15) is 4.98 Å². The summed E-state index contributed by atoms with van der Waals surface area (Å²) in [7, 11) is 3.15. The minimum Gasteiger partial charge on any atom is -0.497 e. The van der Waals surface area contributed by atoms with Gasteiger partial charge in [0.1, 0.15) is 11.5 Å². The number of methoxy groups -OCH3 is 2. The highest BCUT2D eigenvalue weighted by Gasteiger charge is 2.12. The first-order valence-corrected chi connectivity index (χ1v) is 9.63. The molecule has 0 atom stereocenters. The molecule has 1 aromatic heterocycles. The smallest absolute Gasteiger partial charge is 0.266 e. The number of halogens is 2. The molecule has 3 aromatic rings. The van der Waals surface area contributed by atoms with E-state index in [4.69, 9.17) is 37.4 Å². The van der Waals surface area contributed by atoms with Crippen LogP contribution in [0, 0.1) is 0 Å². The Labute approximate surface area is 171 Å². The maximum atomic E-state index is 6.21. The van der Waals surface area contributed by atoms with Gasteiger partial charge >= 0.3 is 0 Å². The Kier molecular flexibility index (Phi) is 6.66. The second-order valence-electron chi connectivity index (χ2n) is 5.33. The fourth-order valence-electron chi connectivity index (χ4n) is 2.16. The number of hydrogen-bond donors (Lipinski definition) is 0. The molecule has 27 heavy (non-hydrogen) atoms. The van der Waals surface area contributed by atoms with Crippen molar-refractivity contribution in [3.05, 3.63) is 64.3 Å². The Morgan fingerprint density at radius 1 is 0.963 bits per heavy atom. The Morgan fingerprint density at radius 2 is 1.70 bits per heavy atom. The lowest BCUT2D eigenvalue weighted by Gasteiger charge is -2.11. The molecule has 0 radical (unpaired) electrons. The van der Waals surface area contributed by atoms with Crippen molar-refractivity contribution in [2.24, 2.45) is 0 Å². The van der Waals surface area contributed by atoms with Crippen LogP contribution in [-0.2, 0) is 5.75 Å². The van der Waals surface area contributed by atoms with Crippen LogP contribution < -0.4 is 14.2 Å². The van der Waals surface area contributed by atoms with Crippen LogP contribution in [0.2, 0.25) is 10.0 Å². The maximum Gasteiger partial charge on any atom is 0.266 e. The minimum absolute atomic E-state index is 0.336. The van der Waals surface area contributed by atoms with Crippen LogP contribution >= 0.6 is 35.0 Å². The molecular formula is C19H16Cl2N2O3S. The van der Waals surface area contributed by atoms with Crippen LogP contribution in [0.3, 0.4) is 0 Å². The Morgan fingerprint density at radius 3 is 2.37 bits per heavy atom. The number of benzene rings is 2. The van der Waals surface area contributed by atoms with E-state index < -0.39 is 0 Å². The van der Waals surface area contributed by atoms with Crippen molar-refractivity contribution < 1.29 is 14.2 Å². The molecule has 1 heterocycles. The maximum absolute atomic E-state index is 6.21. The van der Waals surface area contributed by atoms with E-state index in [-0.39, 0.29) is 0 Å². The first-order valence-electron chi connectivity index (χ1n) is 7.88. The van der Waals surface area contributed by atoms with Crippen molar-refractivity contribution in [3.63, 3.8) is 0 Å². The molecule has 2 aromatic carbocycles. The van der Waals surface area contributed by atoms with Gasteiger partial charge in [-0.15, -0.1) is 0 Å². The molecule has 0 bridgehead atoms. The summed E-state index contributed by atoms with van der Waals surface area (Å²) >= 11 is 13.6. The molecular weight excluding hydrogens is 407 g/mol. The average Bonchev–Trinajstić information content (AvgIpc) is 2.68. The standard InChI is InChI=1S/C19H16Cl2N2O3S/c1-24-14-5-7-15(8-6-14)26-18-17(25-2)10-22-19(23-18)27-11-12-3-4-13(20)9-16(12)21/h3-10H,11H2,1-2H3. The number of ether oxygens (including phenoxy) is 3. The van der Waals surface area contributed by atoms with Crippen LogP contribution in [0.25, 0.3) is 0 Å². The van der Waals surface area contributed by atoms with E-state index in [1.54, 1.807) is 56.8 Å². The summed E-state index contributed by atoms with van der Waals surface area (Å²) in [5, 5.41) is 1.76. The lowest BCUT2D eigenvalue weighted by Crippen LogP contribution is -1.97. The molecule has 0 amide bonds. The van der Waals surface area contributed by atoms with E-state index in [2.05, 4.69) is 9.97 Å². The first-order chi connectivity index (χ1) is 13.1. The van der Waals surface area contributed by atoms with E-state index in [0.29, 0.717) is 38.3 Å². The molecule has 0 unspecified atom stereocenters. The normalized spacial score (nSPS) is 10.5. The van der Waals surface area contributed by atoms with Crippen LogP contribution in [-0.4, -0.2) is 24.2 Å². The second-order valence-corrected chi connectivity index (χ2v) is 7.11. The summed E-state index contributed by atoms with van der Waals surface area (Å²) in [6.07, 6.45) is 1.58. The van der Waals surface area contributed by atoms with E-state index in [1.165, 1.54) is 11.8 Å². The van der Waals surface area contributed by atoms with Crippen molar-refractivity contribution >= 4 is 35.0 Å². The number of hydrogen-bond acceptors (Lipinski definition) is 6. The highest BCUT2D eigenvalue weighted by molar-refractivity contribution is 7.98. The van der Waals surface area contributed by atoms with Gasteiger partial charge in [0.2, 0.25) is 0 Å². The fourth-order valence-corrected chi connectivity index (χ4v) is 3.52. The van der Waals surface area contributed by atoms with Crippen LogP contribution in [0.1, 0.15) is 5.56 Å². The minimum atomic E-state index is 0.336. The molecule has 0 saturated heterocycles. The molecule has 8 heteroatoms. The summed E-state index contributed by atoms with van der Waals surface area (Å²) in [5.74, 6) is 2.74. The second kappa shape index (κ2) is 9.17. The van der Waals surface area contributed by atoms with E-state index >= 15 is 0 Å². The molecule has 140 valence electrons. The summed E-state index contributed by atoms with van der Waals surface area (Å²) in [4.78, 5) is 8.75. The zero-order valence-electron chi connectivity index (χ0n) is 14.6. The molecule has 5 nitrogen and oxygen atoms in total. The van der Waals surface area contributed by atoms with Crippen molar-refractivity contribution in [3.8, 4) is 23.1 Å². The van der Waals surface area contributed by atoms with Crippen LogP contribution in [0.5, 0.6) is 23.1 Å². The molecule has 0 fully saturated rings. The molecule has 0 aliphatic carbocycles. The molecule has 0 N–H and O–H groups in total. The van der Waals surface area contributed by atoms with Gasteiger partial charge in [0, 0.05) is 15.8 Å². The van der Waals surface area contributed by atoms with E-state index in [1.807, 2.05) is 6.07 Å². The summed E-state index contributed by atoms with van der Waals surface area (Å²) in [6.45, 7) is 0. The van der Waals surface area contributed by atoms with Crippen molar-refractivity contribution in [1.82, 2.24) is 9.97 Å². The summed E-state index contributed by atoms with van der Waals surface area (Å²) in [5.41, 5.74) is 0.947. The third-order valence-electron chi connectivity index (χ3n) is 3.57. The van der Waals surface area contributed by atoms with Gasteiger partial charge in [-0.25, -0.2) is 4.98 Å². The number of aromatic nitrogens is 2. The average molecular weight is 423 g/mol. The first kappa shape index (κ1) is 19.6. The Bertz CT molecular complexity index is 923. The van der Waals surface area contributed by atoms with Gasteiger partial charge in [-0.05, 0) is 42.0 Å². The third-order valence-corrected chi connectivity index (χ3v) is 5.06. The fraction of sp³-hybridized carbons (Fsp3) is 0.158. The monoisotopic (exact) mass is 422 g/mol. The van der Waals surface area contributed by atoms with E-state index in [0.717, 1.165) is 11.3 Å². The predicted octanol–water partition coefficient (Wildman–Crippen LogP) is 5.89. The lowest BCUT2D eigenvalue weighted by atomic mass is 10.2. The highest BCUT2D eigenvalue weighted by Crippen LogP contribution is 2.33. The zero-order chi connectivity index (χ0) is 19.2. The van der Waals surface area contributed by atoms with E-state index in [9.17, 15) is 0 Å². The van der Waals surface area contributed by atoms with Gasteiger partial charge in [-0.3, -0.25) is 0 Å². The predicted molar refractivity (Wildman–Crippen MR) is 108 cm³/mol. The molecule has 0 saturated carbocycles. The van der Waals surface area contributed by atoms with Crippen LogP contribution in [0.4, 0.5) is 0 Å². The topological polar surface area (TPSA) is 53.5 Å². The van der Waals surface area contributed by atoms with Gasteiger partial charge in [0.15, 0.2) is 10.9 Å². The third kappa shape index (κ3) is 5.19. The lowest BCUT2D eigenvalue weighted by molar-refractivity contribution is 0.362.